The quantitative estimate of drug-likeness (QED) is 0.545. The predicted molar refractivity (Wildman–Crippen MR) is 117 cm³/mol. The fourth-order valence-electron chi connectivity index (χ4n) is 3.91. The monoisotopic (exact) mass is 384 g/mol. The van der Waals surface area contributed by atoms with Gasteiger partial charge in [-0.1, -0.05) is 18.2 Å². The maximum Gasteiger partial charge on any atom is 0.168 e. The molecule has 146 valence electrons. The molecule has 0 bridgehead atoms. The van der Waals surface area contributed by atoms with Crippen LogP contribution in [0.3, 0.4) is 0 Å². The number of nitrogens with zero attached hydrogens (tertiary/aromatic N) is 5. The van der Waals surface area contributed by atoms with Crippen LogP contribution in [0, 0.1) is 6.92 Å². The number of hydrogen-bond acceptors (Lipinski definition) is 5. The SMILES string of the molecule is Cc1nc(Nc2ccc(N3CCCCC3)cc2)c2cnn(-c3ccccc3)c2n1. The maximum absolute atomic E-state index is 4.63. The number of rotatable bonds is 4. The van der Waals surface area contributed by atoms with E-state index in [2.05, 4.69) is 49.5 Å². The summed E-state index contributed by atoms with van der Waals surface area (Å²) in [5.41, 5.74) is 4.09. The lowest BCUT2D eigenvalue weighted by atomic mass is 10.1. The van der Waals surface area contributed by atoms with Crippen molar-refractivity contribution in [2.75, 3.05) is 23.3 Å². The highest BCUT2D eigenvalue weighted by Crippen LogP contribution is 2.27. The molecular weight excluding hydrogens is 360 g/mol. The topological polar surface area (TPSA) is 58.9 Å². The highest BCUT2D eigenvalue weighted by atomic mass is 15.3. The zero-order valence-electron chi connectivity index (χ0n) is 16.5. The summed E-state index contributed by atoms with van der Waals surface area (Å²) in [4.78, 5) is 11.7. The molecular formula is C23H24N6. The van der Waals surface area contributed by atoms with Crippen LogP contribution >= 0.6 is 0 Å². The number of aryl methyl sites for hydroxylation is 1. The summed E-state index contributed by atoms with van der Waals surface area (Å²) < 4.78 is 1.86. The minimum atomic E-state index is 0.711. The number of piperidine rings is 1. The van der Waals surface area contributed by atoms with Crippen LogP contribution in [-0.2, 0) is 0 Å². The Labute approximate surface area is 170 Å². The van der Waals surface area contributed by atoms with Crippen LogP contribution in [-0.4, -0.2) is 32.8 Å². The number of aromatic nitrogens is 4. The first kappa shape index (κ1) is 17.7. The van der Waals surface area contributed by atoms with E-state index in [0.717, 1.165) is 41.3 Å². The number of anilines is 3. The Bertz CT molecular complexity index is 1110. The second-order valence-corrected chi connectivity index (χ2v) is 7.47. The van der Waals surface area contributed by atoms with Crippen molar-refractivity contribution in [1.82, 2.24) is 19.7 Å². The number of para-hydroxylation sites is 1. The normalized spacial score (nSPS) is 14.3. The number of fused-ring (bicyclic) bond motifs is 1. The molecule has 5 rings (SSSR count). The number of benzene rings is 2. The molecule has 1 saturated heterocycles. The van der Waals surface area contributed by atoms with E-state index in [1.807, 2.05) is 48.1 Å². The van der Waals surface area contributed by atoms with Crippen molar-refractivity contribution in [3.8, 4) is 5.69 Å². The molecule has 2 aromatic heterocycles. The zero-order valence-corrected chi connectivity index (χ0v) is 16.5. The third-order valence-corrected chi connectivity index (χ3v) is 5.39. The van der Waals surface area contributed by atoms with Gasteiger partial charge in [-0.3, -0.25) is 0 Å². The fourth-order valence-corrected chi connectivity index (χ4v) is 3.91. The smallest absolute Gasteiger partial charge is 0.168 e. The van der Waals surface area contributed by atoms with Crippen LogP contribution < -0.4 is 10.2 Å². The molecule has 0 saturated carbocycles. The van der Waals surface area contributed by atoms with Gasteiger partial charge in [0.1, 0.15) is 11.6 Å². The van der Waals surface area contributed by atoms with Crippen LogP contribution in [0.4, 0.5) is 17.2 Å². The van der Waals surface area contributed by atoms with E-state index in [-0.39, 0.29) is 0 Å². The molecule has 0 atom stereocenters. The molecule has 0 aliphatic carbocycles. The molecule has 6 nitrogen and oxygen atoms in total. The summed E-state index contributed by atoms with van der Waals surface area (Å²) >= 11 is 0. The van der Waals surface area contributed by atoms with Gasteiger partial charge in [-0.2, -0.15) is 5.10 Å². The van der Waals surface area contributed by atoms with Gasteiger partial charge in [0.2, 0.25) is 0 Å². The van der Waals surface area contributed by atoms with Crippen molar-refractivity contribution >= 4 is 28.2 Å². The van der Waals surface area contributed by atoms with E-state index in [9.17, 15) is 0 Å². The molecule has 0 spiro atoms. The van der Waals surface area contributed by atoms with E-state index in [0.29, 0.717) is 5.82 Å². The second-order valence-electron chi connectivity index (χ2n) is 7.47. The van der Waals surface area contributed by atoms with Gasteiger partial charge >= 0.3 is 0 Å². The highest BCUT2D eigenvalue weighted by Gasteiger charge is 2.14. The highest BCUT2D eigenvalue weighted by molar-refractivity contribution is 5.89. The Morgan fingerprint density at radius 3 is 2.34 bits per heavy atom. The average Bonchev–Trinajstić information content (AvgIpc) is 3.19. The molecule has 1 fully saturated rings. The number of nitrogens with one attached hydrogen (secondary N) is 1. The molecule has 0 radical (unpaired) electrons. The first-order chi connectivity index (χ1) is 14.3. The predicted octanol–water partition coefficient (Wildman–Crippen LogP) is 4.86. The van der Waals surface area contributed by atoms with E-state index >= 15 is 0 Å². The van der Waals surface area contributed by atoms with Gasteiger partial charge < -0.3 is 10.2 Å². The van der Waals surface area contributed by atoms with E-state index in [1.54, 1.807) is 0 Å². The summed E-state index contributed by atoms with van der Waals surface area (Å²) in [6.07, 6.45) is 5.73. The Morgan fingerprint density at radius 1 is 0.828 bits per heavy atom. The van der Waals surface area contributed by atoms with Gasteiger partial charge in [0.05, 0.1) is 17.3 Å². The van der Waals surface area contributed by atoms with Crippen molar-refractivity contribution < 1.29 is 0 Å². The van der Waals surface area contributed by atoms with Gasteiger partial charge in [0.25, 0.3) is 0 Å². The largest absolute Gasteiger partial charge is 0.372 e. The molecule has 3 heterocycles. The van der Waals surface area contributed by atoms with E-state index < -0.39 is 0 Å². The fraction of sp³-hybridized carbons (Fsp3) is 0.261. The lowest BCUT2D eigenvalue weighted by Gasteiger charge is -2.28. The molecule has 4 aromatic rings. The summed E-state index contributed by atoms with van der Waals surface area (Å²) in [5.74, 6) is 1.49. The summed E-state index contributed by atoms with van der Waals surface area (Å²) in [6.45, 7) is 4.21. The van der Waals surface area contributed by atoms with Crippen LogP contribution in [0.2, 0.25) is 0 Å². The Kier molecular flexibility index (Phi) is 4.60. The summed E-state index contributed by atoms with van der Waals surface area (Å²) in [6, 6.07) is 18.7. The minimum absolute atomic E-state index is 0.711. The van der Waals surface area contributed by atoms with Gasteiger partial charge in [-0.05, 0) is 62.6 Å². The zero-order chi connectivity index (χ0) is 19.6. The standard InChI is InChI=1S/C23H24N6/c1-17-25-22(21-16-24-29(23(21)26-17)20-8-4-2-5-9-20)27-18-10-12-19(13-11-18)28-14-6-3-7-15-28/h2,4-5,8-13,16H,3,6-7,14-15H2,1H3,(H,25,26,27). The third kappa shape index (κ3) is 3.53. The molecule has 1 aliphatic rings. The van der Waals surface area contributed by atoms with Crippen LogP contribution in [0.25, 0.3) is 16.7 Å². The summed E-state index contributed by atoms with van der Waals surface area (Å²) in [5, 5.41) is 8.91. The lowest BCUT2D eigenvalue weighted by molar-refractivity contribution is 0.578. The lowest BCUT2D eigenvalue weighted by Crippen LogP contribution is -2.29. The Hall–Kier alpha value is -3.41. The van der Waals surface area contributed by atoms with E-state index in [1.165, 1.54) is 24.9 Å². The summed E-state index contributed by atoms with van der Waals surface area (Å²) in [7, 11) is 0. The second kappa shape index (κ2) is 7.54. The average molecular weight is 384 g/mol. The van der Waals surface area contributed by atoms with Crippen molar-refractivity contribution in [1.29, 1.82) is 0 Å². The van der Waals surface area contributed by atoms with E-state index in [4.69, 9.17) is 0 Å². The Balaban J connectivity index is 1.45. The van der Waals surface area contributed by atoms with Crippen molar-refractivity contribution in [3.05, 3.63) is 66.6 Å². The molecule has 2 aromatic carbocycles. The molecule has 29 heavy (non-hydrogen) atoms. The van der Waals surface area contributed by atoms with Crippen LogP contribution in [0.1, 0.15) is 25.1 Å². The van der Waals surface area contributed by atoms with Crippen LogP contribution in [0.15, 0.2) is 60.8 Å². The first-order valence-corrected chi connectivity index (χ1v) is 10.2. The third-order valence-electron chi connectivity index (χ3n) is 5.39. The molecule has 0 unspecified atom stereocenters. The molecule has 1 aliphatic heterocycles. The molecule has 6 heteroatoms. The molecule has 1 N–H and O–H groups in total. The van der Waals surface area contributed by atoms with Gasteiger partial charge in [0, 0.05) is 24.5 Å². The minimum Gasteiger partial charge on any atom is -0.372 e. The van der Waals surface area contributed by atoms with Gasteiger partial charge in [-0.15, -0.1) is 0 Å². The van der Waals surface area contributed by atoms with Crippen LogP contribution in [0.5, 0.6) is 0 Å². The maximum atomic E-state index is 4.63. The van der Waals surface area contributed by atoms with Gasteiger partial charge in [0.15, 0.2) is 5.65 Å². The first-order valence-electron chi connectivity index (χ1n) is 10.2. The van der Waals surface area contributed by atoms with Crippen molar-refractivity contribution in [2.45, 2.75) is 26.2 Å². The van der Waals surface area contributed by atoms with Gasteiger partial charge in [-0.25, -0.2) is 14.6 Å². The van der Waals surface area contributed by atoms with Crippen molar-refractivity contribution in [3.63, 3.8) is 0 Å². The Morgan fingerprint density at radius 2 is 1.59 bits per heavy atom. The number of hydrogen-bond donors (Lipinski definition) is 1. The molecule has 0 amide bonds. The van der Waals surface area contributed by atoms with Crippen molar-refractivity contribution in [2.24, 2.45) is 0 Å².